The number of nitrogens with zero attached hydrogens (tertiary/aromatic N) is 1. The van der Waals surface area contributed by atoms with Gasteiger partial charge in [0, 0.05) is 13.5 Å². The molecule has 0 aromatic heterocycles. The first-order valence-electron chi connectivity index (χ1n) is 5.37. The third kappa shape index (κ3) is 5.70. The molecule has 19 heavy (non-hydrogen) atoms. The van der Waals surface area contributed by atoms with Crippen molar-refractivity contribution in [2.75, 3.05) is 7.05 Å². The average Bonchev–Trinajstić information content (AvgIpc) is 2.31. The molecule has 0 rings (SSSR count). The van der Waals surface area contributed by atoms with Crippen molar-refractivity contribution in [1.29, 1.82) is 0 Å². The zero-order valence-corrected chi connectivity index (χ0v) is 10.5. The normalized spacial score (nSPS) is 13.2. The number of carboxylic acid groups (broad SMARTS) is 3. The lowest BCUT2D eigenvalue weighted by Crippen LogP contribution is -2.51. The minimum atomic E-state index is -1.38. The molecule has 0 aliphatic heterocycles. The van der Waals surface area contributed by atoms with Gasteiger partial charge in [-0.15, -0.1) is 0 Å². The van der Waals surface area contributed by atoms with Crippen LogP contribution in [0.3, 0.4) is 0 Å². The van der Waals surface area contributed by atoms with E-state index in [2.05, 4.69) is 5.32 Å². The van der Waals surface area contributed by atoms with Crippen LogP contribution in [0.5, 0.6) is 0 Å². The van der Waals surface area contributed by atoms with E-state index in [9.17, 15) is 19.2 Å². The number of amides is 2. The van der Waals surface area contributed by atoms with Gasteiger partial charge in [-0.1, -0.05) is 0 Å². The fourth-order valence-electron chi connectivity index (χ4n) is 1.12. The monoisotopic (exact) mass is 276 g/mol. The van der Waals surface area contributed by atoms with Gasteiger partial charge in [0.1, 0.15) is 12.1 Å². The minimum Gasteiger partial charge on any atom is -0.481 e. The zero-order valence-electron chi connectivity index (χ0n) is 10.5. The number of carbonyl (C=O) groups is 4. The standard InChI is InChI=1S/C10H16N2O7/c1-5(8(15)16)12(2)10(19)11-6(9(17)18)3-4-7(13)14/h5-6H,3-4H2,1-2H3,(H,11,19)(H,13,14)(H,15,16)(H,17,18). The molecule has 2 unspecified atom stereocenters. The molecule has 0 spiro atoms. The Bertz CT molecular complexity index is 382. The van der Waals surface area contributed by atoms with Crippen LogP contribution < -0.4 is 5.32 Å². The van der Waals surface area contributed by atoms with Crippen LogP contribution in [0, 0.1) is 0 Å². The van der Waals surface area contributed by atoms with Crippen LogP contribution in [0.1, 0.15) is 19.8 Å². The van der Waals surface area contributed by atoms with Crippen molar-refractivity contribution in [1.82, 2.24) is 10.2 Å². The summed E-state index contributed by atoms with van der Waals surface area (Å²) >= 11 is 0. The maximum atomic E-state index is 11.6. The van der Waals surface area contributed by atoms with Crippen molar-refractivity contribution in [3.05, 3.63) is 0 Å². The Morgan fingerprint density at radius 3 is 2.00 bits per heavy atom. The molecular weight excluding hydrogens is 260 g/mol. The van der Waals surface area contributed by atoms with E-state index in [1.165, 1.54) is 14.0 Å². The molecule has 0 radical (unpaired) electrons. The first kappa shape index (κ1) is 16.7. The van der Waals surface area contributed by atoms with E-state index in [-0.39, 0.29) is 6.42 Å². The molecule has 0 aromatic carbocycles. The lowest BCUT2D eigenvalue weighted by molar-refractivity contribution is -0.141. The van der Waals surface area contributed by atoms with E-state index in [4.69, 9.17) is 15.3 Å². The number of nitrogens with one attached hydrogen (secondary N) is 1. The van der Waals surface area contributed by atoms with Crippen molar-refractivity contribution >= 4 is 23.9 Å². The van der Waals surface area contributed by atoms with Gasteiger partial charge >= 0.3 is 23.9 Å². The number of carboxylic acids is 3. The Labute approximate surface area is 108 Å². The summed E-state index contributed by atoms with van der Waals surface area (Å²) < 4.78 is 0. The number of carbonyl (C=O) groups excluding carboxylic acids is 1. The highest BCUT2D eigenvalue weighted by Crippen LogP contribution is 2.02. The Kier molecular flexibility index (Phi) is 6.31. The molecule has 4 N–H and O–H groups in total. The number of urea groups is 1. The molecular formula is C10H16N2O7. The SMILES string of the molecule is CC(C(=O)O)N(C)C(=O)NC(CCC(=O)O)C(=O)O. The number of rotatable bonds is 7. The average molecular weight is 276 g/mol. The lowest BCUT2D eigenvalue weighted by Gasteiger charge is -2.24. The second kappa shape index (κ2) is 7.19. The maximum absolute atomic E-state index is 11.6. The van der Waals surface area contributed by atoms with Gasteiger partial charge in [0.15, 0.2) is 0 Å². The summed E-state index contributed by atoms with van der Waals surface area (Å²) in [6.07, 6.45) is -0.707. The van der Waals surface area contributed by atoms with E-state index in [1.807, 2.05) is 0 Å². The van der Waals surface area contributed by atoms with Gasteiger partial charge in [0.2, 0.25) is 0 Å². The highest BCUT2D eigenvalue weighted by atomic mass is 16.4. The maximum Gasteiger partial charge on any atom is 0.326 e. The van der Waals surface area contributed by atoms with Crippen LogP contribution >= 0.6 is 0 Å². The Morgan fingerprint density at radius 2 is 1.63 bits per heavy atom. The van der Waals surface area contributed by atoms with Gasteiger partial charge in [-0.2, -0.15) is 0 Å². The number of likely N-dealkylation sites (N-methyl/N-ethyl adjacent to an activating group) is 1. The number of hydrogen-bond donors (Lipinski definition) is 4. The van der Waals surface area contributed by atoms with Gasteiger partial charge in [0.25, 0.3) is 0 Å². The molecule has 0 saturated heterocycles. The quantitative estimate of drug-likeness (QED) is 0.486. The van der Waals surface area contributed by atoms with Crippen molar-refractivity contribution in [3.63, 3.8) is 0 Å². The van der Waals surface area contributed by atoms with Crippen LogP contribution in [-0.4, -0.2) is 63.3 Å². The predicted molar refractivity (Wildman–Crippen MR) is 61.7 cm³/mol. The van der Waals surface area contributed by atoms with E-state index in [0.29, 0.717) is 0 Å². The van der Waals surface area contributed by atoms with Crippen LogP contribution in [0.15, 0.2) is 0 Å². The van der Waals surface area contributed by atoms with Crippen molar-refractivity contribution in [2.24, 2.45) is 0 Å². The molecule has 2 amide bonds. The molecule has 9 nitrogen and oxygen atoms in total. The van der Waals surface area contributed by atoms with Crippen molar-refractivity contribution in [3.8, 4) is 0 Å². The second-order valence-electron chi connectivity index (χ2n) is 3.90. The molecule has 0 heterocycles. The predicted octanol–water partition coefficient (Wildman–Crippen LogP) is -0.581. The number of hydrogen-bond acceptors (Lipinski definition) is 4. The highest BCUT2D eigenvalue weighted by molar-refractivity contribution is 5.86. The van der Waals surface area contributed by atoms with E-state index < -0.39 is 42.4 Å². The topological polar surface area (TPSA) is 144 Å². The minimum absolute atomic E-state index is 0.286. The largest absolute Gasteiger partial charge is 0.481 e. The van der Waals surface area contributed by atoms with Gasteiger partial charge in [-0.05, 0) is 13.3 Å². The summed E-state index contributed by atoms with van der Waals surface area (Å²) in [7, 11) is 1.20. The molecule has 108 valence electrons. The first-order valence-corrected chi connectivity index (χ1v) is 5.37. The molecule has 0 aromatic rings. The number of aliphatic carboxylic acids is 3. The van der Waals surface area contributed by atoms with Gasteiger partial charge < -0.3 is 25.5 Å². The fraction of sp³-hybridized carbons (Fsp3) is 0.600. The summed E-state index contributed by atoms with van der Waals surface area (Å²) in [5.41, 5.74) is 0. The molecule has 0 aliphatic carbocycles. The second-order valence-corrected chi connectivity index (χ2v) is 3.90. The van der Waals surface area contributed by atoms with Crippen molar-refractivity contribution in [2.45, 2.75) is 31.8 Å². The summed E-state index contributed by atoms with van der Waals surface area (Å²) in [4.78, 5) is 44.3. The van der Waals surface area contributed by atoms with Crippen LogP contribution in [-0.2, 0) is 14.4 Å². The van der Waals surface area contributed by atoms with Gasteiger partial charge in [0.05, 0.1) is 0 Å². The summed E-state index contributed by atoms with van der Waals surface area (Å²) in [6, 6.07) is -3.41. The van der Waals surface area contributed by atoms with Gasteiger partial charge in [-0.25, -0.2) is 14.4 Å². The summed E-state index contributed by atoms with van der Waals surface area (Å²) in [5, 5.41) is 28.1. The van der Waals surface area contributed by atoms with E-state index in [0.717, 1.165) is 4.90 Å². The Balaban J connectivity index is 4.58. The Hall–Kier alpha value is -2.32. The molecule has 9 heteroatoms. The van der Waals surface area contributed by atoms with E-state index in [1.54, 1.807) is 0 Å². The smallest absolute Gasteiger partial charge is 0.326 e. The zero-order chi connectivity index (χ0) is 15.2. The van der Waals surface area contributed by atoms with Crippen LogP contribution in [0.2, 0.25) is 0 Å². The fourth-order valence-corrected chi connectivity index (χ4v) is 1.12. The molecule has 2 atom stereocenters. The highest BCUT2D eigenvalue weighted by Gasteiger charge is 2.26. The lowest BCUT2D eigenvalue weighted by atomic mass is 10.1. The first-order chi connectivity index (χ1) is 8.66. The third-order valence-electron chi connectivity index (χ3n) is 2.50. The van der Waals surface area contributed by atoms with E-state index >= 15 is 0 Å². The van der Waals surface area contributed by atoms with Crippen LogP contribution in [0.4, 0.5) is 4.79 Å². The Morgan fingerprint density at radius 1 is 1.11 bits per heavy atom. The summed E-state index contributed by atoms with van der Waals surface area (Å²) in [6.45, 7) is 1.26. The third-order valence-corrected chi connectivity index (χ3v) is 2.50. The molecule has 0 bridgehead atoms. The van der Waals surface area contributed by atoms with Crippen molar-refractivity contribution < 1.29 is 34.5 Å². The molecule has 0 fully saturated rings. The summed E-state index contributed by atoms with van der Waals surface area (Å²) in [5.74, 6) is -3.81. The van der Waals surface area contributed by atoms with Gasteiger partial charge in [-0.3, -0.25) is 4.79 Å². The van der Waals surface area contributed by atoms with Crippen LogP contribution in [0.25, 0.3) is 0 Å². The molecule has 0 saturated carbocycles. The molecule has 0 aliphatic rings.